The lowest BCUT2D eigenvalue weighted by molar-refractivity contribution is 0.0983. The number of hydrogen-bond donors (Lipinski definition) is 1. The summed E-state index contributed by atoms with van der Waals surface area (Å²) in [5.74, 6) is -0.0771. The van der Waals surface area contributed by atoms with E-state index in [1.165, 1.54) is 33.9 Å². The van der Waals surface area contributed by atoms with E-state index >= 15 is 0 Å². The van der Waals surface area contributed by atoms with Gasteiger partial charge in [0.1, 0.15) is 5.69 Å². The fourth-order valence-electron chi connectivity index (χ4n) is 4.79. The third-order valence-electron chi connectivity index (χ3n) is 6.88. The van der Waals surface area contributed by atoms with Crippen molar-refractivity contribution in [1.82, 2.24) is 15.3 Å². The molecule has 1 aliphatic carbocycles. The molecule has 6 heteroatoms. The zero-order valence-corrected chi connectivity index (χ0v) is 22.0. The minimum absolute atomic E-state index is 0.0771. The molecule has 0 atom stereocenters. The molecular weight excluding hydrogens is 476 g/mol. The highest BCUT2D eigenvalue weighted by atomic mass is 32.1. The van der Waals surface area contributed by atoms with E-state index < -0.39 is 0 Å². The lowest BCUT2D eigenvalue weighted by Gasteiger charge is -2.23. The van der Waals surface area contributed by atoms with Crippen molar-refractivity contribution in [2.24, 2.45) is 0 Å². The van der Waals surface area contributed by atoms with Crippen LogP contribution in [0.1, 0.15) is 52.8 Å². The second kappa shape index (κ2) is 9.94. The van der Waals surface area contributed by atoms with Crippen molar-refractivity contribution in [2.45, 2.75) is 45.6 Å². The number of benzene rings is 1. The molecule has 4 aromatic rings. The van der Waals surface area contributed by atoms with Crippen LogP contribution in [-0.4, -0.2) is 28.5 Å². The first-order valence-corrected chi connectivity index (χ1v) is 13.8. The minimum Gasteiger partial charge on any atom is -0.381 e. The molecule has 1 aromatic carbocycles. The van der Waals surface area contributed by atoms with Crippen LogP contribution in [0.5, 0.6) is 0 Å². The van der Waals surface area contributed by atoms with Gasteiger partial charge >= 0.3 is 0 Å². The number of anilines is 1. The smallest absolute Gasteiger partial charge is 0.276 e. The number of amides is 1. The number of aromatic nitrogens is 2. The van der Waals surface area contributed by atoms with E-state index in [0.29, 0.717) is 18.3 Å². The van der Waals surface area contributed by atoms with Crippen LogP contribution >= 0.6 is 11.3 Å². The van der Waals surface area contributed by atoms with Gasteiger partial charge in [-0.1, -0.05) is 37.3 Å². The quantitative estimate of drug-likeness (QED) is 0.309. The first kappa shape index (κ1) is 23.6. The van der Waals surface area contributed by atoms with Crippen molar-refractivity contribution >= 4 is 28.6 Å². The van der Waals surface area contributed by atoms with E-state index in [0.717, 1.165) is 41.0 Å². The molecule has 2 aliphatic rings. The Hall–Kier alpha value is -3.77. The summed E-state index contributed by atoms with van der Waals surface area (Å²) in [5, 5.41) is 3.72. The zero-order chi connectivity index (χ0) is 25.4. The summed E-state index contributed by atoms with van der Waals surface area (Å²) >= 11 is 1.83. The Balaban J connectivity index is 1.34. The van der Waals surface area contributed by atoms with Crippen molar-refractivity contribution < 1.29 is 4.79 Å². The van der Waals surface area contributed by atoms with Crippen LogP contribution in [0.15, 0.2) is 72.9 Å². The Kier molecular flexibility index (Phi) is 6.35. The monoisotopic (exact) mass is 506 g/mol. The number of para-hydroxylation sites is 1. The Morgan fingerprint density at radius 2 is 2.00 bits per heavy atom. The summed E-state index contributed by atoms with van der Waals surface area (Å²) in [6, 6.07) is 20.8. The van der Waals surface area contributed by atoms with Crippen molar-refractivity contribution in [3.63, 3.8) is 0 Å². The number of thiophene rings is 1. The molecule has 0 unspecified atom stereocenters. The predicted molar refractivity (Wildman–Crippen MR) is 152 cm³/mol. The molecule has 3 aromatic heterocycles. The van der Waals surface area contributed by atoms with Gasteiger partial charge in [-0.15, -0.1) is 11.3 Å². The molecule has 6 rings (SSSR count). The number of fused-ring (bicyclic) bond motifs is 3. The minimum atomic E-state index is -0.0771. The number of pyridine rings is 2. The van der Waals surface area contributed by atoms with Crippen LogP contribution in [0.3, 0.4) is 0 Å². The van der Waals surface area contributed by atoms with Crippen LogP contribution in [0.4, 0.5) is 5.69 Å². The number of carbonyl (C=O) groups is 1. The lowest BCUT2D eigenvalue weighted by Crippen LogP contribution is -2.33. The summed E-state index contributed by atoms with van der Waals surface area (Å²) in [6.45, 7) is 4.75. The summed E-state index contributed by atoms with van der Waals surface area (Å²) < 4.78 is 0. The number of nitrogens with zero attached hydrogens (tertiary/aromatic N) is 3. The molecule has 1 N–H and O–H groups in total. The molecule has 0 bridgehead atoms. The highest BCUT2D eigenvalue weighted by molar-refractivity contribution is 7.16. The standard InChI is InChI=1S/C31H30N4OS/c1-3-7-26(33-23-14-15-23)29-18-21-16-17-35(28-11-5-4-8-24(28)30(21)37-29)31(36)27-10-6-9-25(34-27)22-13-12-20(2)32-19-22/h4-13,18-19,23,33H,3,14-17H2,1-2H3/b26-7+. The Labute approximate surface area is 221 Å². The van der Waals surface area contributed by atoms with E-state index in [-0.39, 0.29) is 5.91 Å². The fourth-order valence-corrected chi connectivity index (χ4v) is 6.04. The van der Waals surface area contributed by atoms with Gasteiger partial charge in [0.25, 0.3) is 5.91 Å². The molecule has 0 spiro atoms. The van der Waals surface area contributed by atoms with Crippen LogP contribution < -0.4 is 10.2 Å². The maximum absolute atomic E-state index is 13.8. The molecule has 186 valence electrons. The molecule has 1 amide bonds. The molecule has 37 heavy (non-hydrogen) atoms. The highest BCUT2D eigenvalue weighted by Gasteiger charge is 2.28. The van der Waals surface area contributed by atoms with Crippen molar-refractivity contribution in [1.29, 1.82) is 0 Å². The molecule has 5 nitrogen and oxygen atoms in total. The second-order valence-corrected chi connectivity index (χ2v) is 10.8. The highest BCUT2D eigenvalue weighted by Crippen LogP contribution is 2.43. The molecule has 0 radical (unpaired) electrons. The van der Waals surface area contributed by atoms with Gasteiger partial charge < -0.3 is 10.2 Å². The number of carbonyl (C=O) groups excluding carboxylic acids is 1. The molecule has 1 saturated carbocycles. The number of hydrogen-bond acceptors (Lipinski definition) is 5. The van der Waals surface area contributed by atoms with Gasteiger partial charge in [0, 0.05) is 46.2 Å². The van der Waals surface area contributed by atoms with E-state index in [1.54, 1.807) is 6.07 Å². The van der Waals surface area contributed by atoms with Crippen molar-refractivity contribution in [2.75, 3.05) is 11.4 Å². The maximum Gasteiger partial charge on any atom is 0.276 e. The van der Waals surface area contributed by atoms with Gasteiger partial charge in [0.15, 0.2) is 0 Å². The van der Waals surface area contributed by atoms with Crippen molar-refractivity contribution in [3.05, 3.63) is 94.8 Å². The van der Waals surface area contributed by atoms with E-state index in [1.807, 2.05) is 59.7 Å². The predicted octanol–water partition coefficient (Wildman–Crippen LogP) is 6.89. The SMILES string of the molecule is CC/C=C(/NC1CC1)c1cc2c(s1)-c1ccccc1N(C(=O)c1cccc(-c3ccc(C)nc3)n1)CC2. The number of nitrogens with one attached hydrogen (secondary N) is 1. The van der Waals surface area contributed by atoms with Gasteiger partial charge in [-0.2, -0.15) is 0 Å². The Bertz CT molecular complexity index is 1480. The normalized spacial score (nSPS) is 15.1. The summed E-state index contributed by atoms with van der Waals surface area (Å²) in [5.41, 5.74) is 7.66. The average molecular weight is 507 g/mol. The molecule has 4 heterocycles. The summed E-state index contributed by atoms with van der Waals surface area (Å²) in [7, 11) is 0. The first-order chi connectivity index (χ1) is 18.1. The van der Waals surface area contributed by atoms with E-state index in [4.69, 9.17) is 4.98 Å². The second-order valence-electron chi connectivity index (χ2n) is 9.73. The summed E-state index contributed by atoms with van der Waals surface area (Å²) in [6.07, 6.45) is 8.41. The topological polar surface area (TPSA) is 58.1 Å². The molecule has 1 aliphatic heterocycles. The van der Waals surface area contributed by atoms with Crippen LogP contribution in [0, 0.1) is 6.92 Å². The summed E-state index contributed by atoms with van der Waals surface area (Å²) in [4.78, 5) is 27.4. The number of aryl methyl sites for hydroxylation is 1. The van der Waals surface area contributed by atoms with E-state index in [2.05, 4.69) is 47.6 Å². The average Bonchev–Trinajstić information content (AvgIpc) is 3.68. The third kappa shape index (κ3) is 4.81. The number of allylic oxidation sites excluding steroid dienone is 1. The van der Waals surface area contributed by atoms with Crippen LogP contribution in [0.2, 0.25) is 0 Å². The largest absolute Gasteiger partial charge is 0.381 e. The number of rotatable bonds is 6. The van der Waals surface area contributed by atoms with Crippen LogP contribution in [0.25, 0.3) is 27.4 Å². The van der Waals surface area contributed by atoms with Crippen LogP contribution in [-0.2, 0) is 6.42 Å². The van der Waals surface area contributed by atoms with Gasteiger partial charge in [-0.05, 0) is 74.6 Å². The Morgan fingerprint density at radius 3 is 2.78 bits per heavy atom. The lowest BCUT2D eigenvalue weighted by atomic mass is 10.1. The molecule has 0 saturated heterocycles. The van der Waals surface area contributed by atoms with Gasteiger partial charge in [0.05, 0.1) is 16.3 Å². The van der Waals surface area contributed by atoms with Gasteiger partial charge in [-0.25, -0.2) is 4.98 Å². The molecular formula is C31H30N4OS. The first-order valence-electron chi connectivity index (χ1n) is 13.0. The van der Waals surface area contributed by atoms with E-state index in [9.17, 15) is 4.79 Å². The van der Waals surface area contributed by atoms with Crippen molar-refractivity contribution in [3.8, 4) is 21.7 Å². The maximum atomic E-state index is 13.8. The fraction of sp³-hybridized carbons (Fsp3) is 0.258. The zero-order valence-electron chi connectivity index (χ0n) is 21.2. The van der Waals surface area contributed by atoms with Gasteiger partial charge in [0.2, 0.25) is 0 Å². The Morgan fingerprint density at radius 1 is 1.14 bits per heavy atom. The van der Waals surface area contributed by atoms with Gasteiger partial charge in [-0.3, -0.25) is 9.78 Å². The molecule has 1 fully saturated rings. The third-order valence-corrected chi connectivity index (χ3v) is 8.13.